The van der Waals surface area contributed by atoms with Gasteiger partial charge in [0.2, 0.25) is 0 Å². The molecule has 0 amide bonds. The Bertz CT molecular complexity index is 264. The summed E-state index contributed by atoms with van der Waals surface area (Å²) in [5.74, 6) is 0. The van der Waals surface area contributed by atoms with Gasteiger partial charge in [-0.3, -0.25) is 0 Å². The average molecular weight is 237 g/mol. The Balaban J connectivity index is 2.17. The fraction of sp³-hybridized carbons (Fsp3) is 0.714. The summed E-state index contributed by atoms with van der Waals surface area (Å²) in [7, 11) is -1.18. The summed E-state index contributed by atoms with van der Waals surface area (Å²) in [6.07, 6.45) is 13.0. The van der Waals surface area contributed by atoms with Crippen molar-refractivity contribution in [3.8, 4) is 0 Å². The highest BCUT2D eigenvalue weighted by Gasteiger charge is 2.21. The molecule has 0 atom stereocenters. The van der Waals surface area contributed by atoms with E-state index in [-0.39, 0.29) is 0 Å². The maximum Gasteiger partial charge on any atom is 0.155 e. The second-order valence-electron chi connectivity index (χ2n) is 5.42. The van der Waals surface area contributed by atoms with Crippen LogP contribution >= 0.6 is 0 Å². The lowest BCUT2D eigenvalue weighted by atomic mass is 10.1. The molecule has 0 unspecified atom stereocenters. The maximum atomic E-state index is 2.47. The van der Waals surface area contributed by atoms with Crippen molar-refractivity contribution in [2.24, 2.45) is 0 Å². The van der Waals surface area contributed by atoms with E-state index in [1.54, 1.807) is 0 Å². The van der Waals surface area contributed by atoms with Crippen molar-refractivity contribution >= 4 is 8.24 Å². The van der Waals surface area contributed by atoms with Gasteiger partial charge >= 0.3 is 0 Å². The Morgan fingerprint density at radius 1 is 0.875 bits per heavy atom. The monoisotopic (exact) mass is 237 g/mol. The Morgan fingerprint density at radius 3 is 2.06 bits per heavy atom. The summed E-state index contributed by atoms with van der Waals surface area (Å²) >= 11 is 0. The highest BCUT2D eigenvalue weighted by molar-refractivity contribution is 6.75. The number of unbranched alkanes of at least 4 members (excludes halogenated alkanes) is 5. The van der Waals surface area contributed by atoms with Crippen LogP contribution in [0.3, 0.4) is 0 Å². The molecule has 1 aromatic heterocycles. The highest BCUT2D eigenvalue weighted by Crippen LogP contribution is 2.18. The third-order valence-corrected chi connectivity index (χ3v) is 6.72. The second-order valence-corrected chi connectivity index (χ2v) is 10.1. The molecule has 1 heterocycles. The smallest absolute Gasteiger partial charge is 0.155 e. The third kappa shape index (κ3) is 4.56. The van der Waals surface area contributed by atoms with Crippen molar-refractivity contribution in [1.29, 1.82) is 0 Å². The van der Waals surface area contributed by atoms with Crippen molar-refractivity contribution in [3.63, 3.8) is 0 Å². The Hall–Kier alpha value is -0.503. The van der Waals surface area contributed by atoms with Gasteiger partial charge in [-0.15, -0.1) is 0 Å². The number of nitrogens with zero attached hydrogens (tertiary/aromatic N) is 1. The minimum absolute atomic E-state index is 1.18. The fourth-order valence-electron chi connectivity index (χ4n) is 2.21. The molecule has 0 fully saturated rings. The lowest BCUT2D eigenvalue weighted by Crippen LogP contribution is -2.34. The summed E-state index contributed by atoms with van der Waals surface area (Å²) in [5, 5.41) is 0. The molecule has 92 valence electrons. The van der Waals surface area contributed by atoms with Crippen molar-refractivity contribution in [2.45, 2.75) is 64.6 Å². The lowest BCUT2D eigenvalue weighted by Gasteiger charge is -2.24. The van der Waals surface area contributed by atoms with Gasteiger partial charge in [-0.1, -0.05) is 58.5 Å². The first kappa shape index (κ1) is 13.6. The van der Waals surface area contributed by atoms with E-state index < -0.39 is 8.24 Å². The molecule has 1 rings (SSSR count). The van der Waals surface area contributed by atoms with E-state index in [9.17, 15) is 0 Å². The van der Waals surface area contributed by atoms with Crippen LogP contribution in [-0.4, -0.2) is 12.5 Å². The largest absolute Gasteiger partial charge is 0.381 e. The minimum atomic E-state index is -1.18. The van der Waals surface area contributed by atoms with E-state index in [0.717, 1.165) is 0 Å². The van der Waals surface area contributed by atoms with Crippen molar-refractivity contribution in [2.75, 3.05) is 0 Å². The van der Waals surface area contributed by atoms with E-state index >= 15 is 0 Å². The van der Waals surface area contributed by atoms with Gasteiger partial charge in [0, 0.05) is 0 Å². The van der Waals surface area contributed by atoms with Gasteiger partial charge in [-0.05, 0) is 30.6 Å². The van der Waals surface area contributed by atoms with Gasteiger partial charge in [0.1, 0.15) is 0 Å². The minimum Gasteiger partial charge on any atom is -0.381 e. The summed E-state index contributed by atoms with van der Waals surface area (Å²) in [4.78, 5) is 0. The Labute approximate surface area is 102 Å². The molecular formula is C14H27NSi. The zero-order valence-corrected chi connectivity index (χ0v) is 12.2. The van der Waals surface area contributed by atoms with Crippen molar-refractivity contribution < 1.29 is 0 Å². The normalized spacial score (nSPS) is 11.9. The van der Waals surface area contributed by atoms with Crippen LogP contribution in [0, 0.1) is 0 Å². The number of aromatic nitrogens is 1. The molecule has 0 spiro atoms. The van der Waals surface area contributed by atoms with E-state index in [4.69, 9.17) is 0 Å². The molecular weight excluding hydrogens is 210 g/mol. The van der Waals surface area contributed by atoms with E-state index in [1.165, 1.54) is 44.6 Å². The third-order valence-electron chi connectivity index (χ3n) is 3.45. The molecule has 0 aliphatic carbocycles. The molecule has 16 heavy (non-hydrogen) atoms. The molecule has 1 nitrogen and oxygen atoms in total. The van der Waals surface area contributed by atoms with E-state index in [0.29, 0.717) is 0 Å². The van der Waals surface area contributed by atoms with E-state index in [1.807, 2.05) is 0 Å². The molecule has 0 N–H and O–H groups in total. The number of hydrogen-bond donors (Lipinski definition) is 0. The molecule has 0 aromatic carbocycles. The van der Waals surface area contributed by atoms with Crippen LogP contribution in [0.15, 0.2) is 24.5 Å². The van der Waals surface area contributed by atoms with Crippen LogP contribution in [0.25, 0.3) is 0 Å². The molecule has 1 aromatic rings. The lowest BCUT2D eigenvalue weighted by molar-refractivity contribution is 0.621. The van der Waals surface area contributed by atoms with Crippen molar-refractivity contribution in [1.82, 2.24) is 4.23 Å². The molecule has 0 saturated heterocycles. The van der Waals surface area contributed by atoms with Gasteiger partial charge in [0.05, 0.1) is 0 Å². The second kappa shape index (κ2) is 6.95. The molecule has 0 radical (unpaired) electrons. The quantitative estimate of drug-likeness (QED) is 0.447. The first-order valence-electron chi connectivity index (χ1n) is 6.80. The molecule has 2 heteroatoms. The first-order valence-corrected chi connectivity index (χ1v) is 9.95. The van der Waals surface area contributed by atoms with Crippen LogP contribution in [0.5, 0.6) is 0 Å². The number of rotatable bonds is 8. The molecule has 0 aliphatic rings. The predicted molar refractivity (Wildman–Crippen MR) is 75.5 cm³/mol. The van der Waals surface area contributed by atoms with Gasteiger partial charge in [0.25, 0.3) is 0 Å². The highest BCUT2D eigenvalue weighted by atomic mass is 28.3. The summed E-state index contributed by atoms with van der Waals surface area (Å²) in [6, 6.07) is 5.72. The Kier molecular flexibility index (Phi) is 5.89. The van der Waals surface area contributed by atoms with Crippen LogP contribution in [0.1, 0.15) is 45.4 Å². The fourth-order valence-corrected chi connectivity index (χ4v) is 4.56. The summed E-state index contributed by atoms with van der Waals surface area (Å²) in [6.45, 7) is 7.22. The summed E-state index contributed by atoms with van der Waals surface area (Å²) in [5.41, 5.74) is 0. The maximum absolute atomic E-state index is 2.47. The SMILES string of the molecule is CCCCCCCC[Si](C)(C)n1cccc1. The zero-order valence-electron chi connectivity index (χ0n) is 11.2. The van der Waals surface area contributed by atoms with Crippen LogP contribution in [0.4, 0.5) is 0 Å². The van der Waals surface area contributed by atoms with Crippen LogP contribution in [0.2, 0.25) is 19.1 Å². The van der Waals surface area contributed by atoms with Gasteiger partial charge in [0.15, 0.2) is 8.24 Å². The number of hydrogen-bond acceptors (Lipinski definition) is 0. The molecule has 0 aliphatic heterocycles. The van der Waals surface area contributed by atoms with Gasteiger partial charge in [-0.25, -0.2) is 0 Å². The van der Waals surface area contributed by atoms with Crippen LogP contribution < -0.4 is 0 Å². The van der Waals surface area contributed by atoms with Gasteiger partial charge in [-0.2, -0.15) is 0 Å². The summed E-state index contributed by atoms with van der Waals surface area (Å²) < 4.78 is 2.47. The average Bonchev–Trinajstić information content (AvgIpc) is 2.77. The predicted octanol–water partition coefficient (Wildman–Crippen LogP) is 4.90. The topological polar surface area (TPSA) is 4.93 Å². The van der Waals surface area contributed by atoms with Crippen molar-refractivity contribution in [3.05, 3.63) is 24.5 Å². The van der Waals surface area contributed by atoms with E-state index in [2.05, 4.69) is 48.8 Å². The molecule has 0 bridgehead atoms. The zero-order chi connectivity index (χ0) is 11.9. The van der Waals surface area contributed by atoms with Crippen LogP contribution in [-0.2, 0) is 0 Å². The molecule has 0 saturated carbocycles. The standard InChI is InChI=1S/C14H27NSi/c1-4-5-6-7-8-11-14-16(2,3)15-12-9-10-13-15/h9-10,12-13H,4-8,11,14H2,1-3H3. The van der Waals surface area contributed by atoms with Gasteiger partial charge < -0.3 is 4.23 Å². The Morgan fingerprint density at radius 2 is 1.44 bits per heavy atom. The first-order chi connectivity index (χ1) is 7.67.